The predicted molar refractivity (Wildman–Crippen MR) is 120 cm³/mol. The molecule has 30 heavy (non-hydrogen) atoms. The van der Waals surface area contributed by atoms with E-state index in [0.29, 0.717) is 12.3 Å². The van der Waals surface area contributed by atoms with Crippen LogP contribution >= 0.6 is 11.3 Å². The molecule has 0 spiro atoms. The van der Waals surface area contributed by atoms with E-state index < -0.39 is 0 Å². The lowest BCUT2D eigenvalue weighted by Gasteiger charge is -2.36. The summed E-state index contributed by atoms with van der Waals surface area (Å²) in [5.41, 5.74) is 1.19. The first-order valence-corrected chi connectivity index (χ1v) is 12.4. The Morgan fingerprint density at radius 3 is 2.37 bits per heavy atom. The van der Waals surface area contributed by atoms with E-state index in [1.54, 1.807) is 11.3 Å². The third-order valence-electron chi connectivity index (χ3n) is 6.71. The van der Waals surface area contributed by atoms with Gasteiger partial charge < -0.3 is 14.7 Å². The normalized spacial score (nSPS) is 22.9. The van der Waals surface area contributed by atoms with Crippen LogP contribution in [0.25, 0.3) is 0 Å². The topological polar surface area (TPSA) is 60.0 Å². The van der Waals surface area contributed by atoms with E-state index >= 15 is 0 Å². The Morgan fingerprint density at radius 1 is 1.00 bits per heavy atom. The highest BCUT2D eigenvalue weighted by Crippen LogP contribution is 2.35. The highest BCUT2D eigenvalue weighted by Gasteiger charge is 2.33. The first-order chi connectivity index (χ1) is 14.6. The number of carbonyl (C=O) groups is 2. The van der Waals surface area contributed by atoms with Crippen molar-refractivity contribution in [2.75, 3.05) is 63.8 Å². The summed E-state index contributed by atoms with van der Waals surface area (Å²) in [4.78, 5) is 40.0. The van der Waals surface area contributed by atoms with Gasteiger partial charge in [-0.1, -0.05) is 13.8 Å². The molecule has 0 radical (unpaired) electrons. The standard InChI is InChI=1S/C22H35N5O2S/c1-3-7-24-8-10-26(11-9-24)21(29)17-5-6-18-19(16-17)30-22(23-18)27-14-12-25(13-15-27)20(28)4-2/h17H,3-16H2,1-2H3/t17-/m1/s1. The van der Waals surface area contributed by atoms with Crippen LogP contribution in [0.2, 0.25) is 0 Å². The fourth-order valence-corrected chi connectivity index (χ4v) is 6.08. The molecule has 0 unspecified atom stereocenters. The molecule has 1 aliphatic carbocycles. The van der Waals surface area contributed by atoms with Crippen molar-refractivity contribution in [2.45, 2.75) is 46.0 Å². The van der Waals surface area contributed by atoms with Gasteiger partial charge in [0.2, 0.25) is 11.8 Å². The van der Waals surface area contributed by atoms with Crippen LogP contribution in [0.1, 0.15) is 43.7 Å². The van der Waals surface area contributed by atoms with Crippen molar-refractivity contribution < 1.29 is 9.59 Å². The van der Waals surface area contributed by atoms with E-state index in [9.17, 15) is 9.59 Å². The van der Waals surface area contributed by atoms with E-state index in [1.165, 1.54) is 17.0 Å². The van der Waals surface area contributed by atoms with Crippen LogP contribution in [0, 0.1) is 5.92 Å². The number of aromatic nitrogens is 1. The number of fused-ring (bicyclic) bond motifs is 1. The van der Waals surface area contributed by atoms with E-state index in [1.807, 2.05) is 11.8 Å². The summed E-state index contributed by atoms with van der Waals surface area (Å²) in [7, 11) is 0. The van der Waals surface area contributed by atoms with Crippen molar-refractivity contribution in [1.29, 1.82) is 0 Å². The number of piperazine rings is 2. The monoisotopic (exact) mass is 433 g/mol. The number of carbonyl (C=O) groups excluding carboxylic acids is 2. The lowest BCUT2D eigenvalue weighted by molar-refractivity contribution is -0.137. The second-order valence-corrected chi connectivity index (χ2v) is 9.76. The molecule has 2 aliphatic heterocycles. The Kier molecular flexibility index (Phi) is 6.93. The number of anilines is 1. The molecule has 3 heterocycles. The van der Waals surface area contributed by atoms with Gasteiger partial charge in [-0.25, -0.2) is 4.98 Å². The molecule has 0 N–H and O–H groups in total. The fourth-order valence-electron chi connectivity index (χ4n) is 4.84. The zero-order chi connectivity index (χ0) is 21.1. The van der Waals surface area contributed by atoms with Crippen molar-refractivity contribution in [3.05, 3.63) is 10.6 Å². The second kappa shape index (κ2) is 9.64. The zero-order valence-electron chi connectivity index (χ0n) is 18.4. The molecule has 0 bridgehead atoms. The molecule has 3 aliphatic rings. The van der Waals surface area contributed by atoms with Gasteiger partial charge in [-0.2, -0.15) is 0 Å². The van der Waals surface area contributed by atoms with Gasteiger partial charge in [0.15, 0.2) is 5.13 Å². The lowest BCUT2D eigenvalue weighted by atomic mass is 9.90. The van der Waals surface area contributed by atoms with Crippen LogP contribution in [-0.4, -0.2) is 90.4 Å². The zero-order valence-corrected chi connectivity index (χ0v) is 19.3. The van der Waals surface area contributed by atoms with Gasteiger partial charge in [-0.05, 0) is 32.2 Å². The molecule has 7 nitrogen and oxygen atoms in total. The summed E-state index contributed by atoms with van der Waals surface area (Å²) in [5, 5.41) is 1.07. The van der Waals surface area contributed by atoms with Crippen LogP contribution in [0.15, 0.2) is 0 Å². The molecule has 4 rings (SSSR count). The minimum Gasteiger partial charge on any atom is -0.345 e. The molecule has 1 atom stereocenters. The van der Waals surface area contributed by atoms with Crippen molar-refractivity contribution in [3.8, 4) is 0 Å². The van der Waals surface area contributed by atoms with Gasteiger partial charge >= 0.3 is 0 Å². The molecular weight excluding hydrogens is 398 g/mol. The van der Waals surface area contributed by atoms with Gasteiger partial charge in [0.05, 0.1) is 5.69 Å². The van der Waals surface area contributed by atoms with E-state index in [-0.39, 0.29) is 11.8 Å². The number of thiazole rings is 1. The Bertz CT molecular complexity index is 751. The first kappa shape index (κ1) is 21.6. The Morgan fingerprint density at radius 2 is 1.70 bits per heavy atom. The van der Waals surface area contributed by atoms with Gasteiger partial charge in [0.1, 0.15) is 0 Å². The van der Waals surface area contributed by atoms with Gasteiger partial charge in [-0.15, -0.1) is 11.3 Å². The second-order valence-electron chi connectivity index (χ2n) is 8.69. The lowest BCUT2D eigenvalue weighted by Crippen LogP contribution is -2.50. The SMILES string of the molecule is CCCN1CCN(C(=O)[C@@H]2CCc3nc(N4CCN(C(=O)CC)CC4)sc3C2)CC1. The fraction of sp³-hybridized carbons (Fsp3) is 0.773. The minimum atomic E-state index is 0.113. The minimum absolute atomic E-state index is 0.113. The number of nitrogens with zero attached hydrogens (tertiary/aromatic N) is 5. The molecular formula is C22H35N5O2S. The van der Waals surface area contributed by atoms with Crippen LogP contribution in [-0.2, 0) is 22.4 Å². The van der Waals surface area contributed by atoms with E-state index in [0.717, 1.165) is 83.3 Å². The number of hydrogen-bond donors (Lipinski definition) is 0. The van der Waals surface area contributed by atoms with Gasteiger partial charge in [-0.3, -0.25) is 14.5 Å². The van der Waals surface area contributed by atoms with Crippen LogP contribution in [0.5, 0.6) is 0 Å². The number of aryl methyl sites for hydroxylation is 1. The van der Waals surface area contributed by atoms with E-state index in [2.05, 4.69) is 21.6 Å². The largest absolute Gasteiger partial charge is 0.345 e. The molecule has 0 saturated carbocycles. The van der Waals surface area contributed by atoms with Gasteiger partial charge in [0, 0.05) is 69.6 Å². The smallest absolute Gasteiger partial charge is 0.226 e. The van der Waals surface area contributed by atoms with Gasteiger partial charge in [0.25, 0.3) is 0 Å². The average Bonchev–Trinajstić information content (AvgIpc) is 3.22. The van der Waals surface area contributed by atoms with Crippen molar-refractivity contribution in [2.24, 2.45) is 5.92 Å². The highest BCUT2D eigenvalue weighted by molar-refractivity contribution is 7.15. The first-order valence-electron chi connectivity index (χ1n) is 11.6. The summed E-state index contributed by atoms with van der Waals surface area (Å²) < 4.78 is 0. The quantitative estimate of drug-likeness (QED) is 0.709. The van der Waals surface area contributed by atoms with Crippen LogP contribution < -0.4 is 4.90 Å². The van der Waals surface area contributed by atoms with E-state index in [4.69, 9.17) is 4.98 Å². The molecule has 1 aromatic heterocycles. The molecule has 2 amide bonds. The third-order valence-corrected chi connectivity index (χ3v) is 7.89. The Balaban J connectivity index is 1.32. The Hall–Kier alpha value is -1.67. The molecule has 1 aromatic rings. The number of amides is 2. The summed E-state index contributed by atoms with van der Waals surface area (Å²) in [5.74, 6) is 0.700. The number of rotatable bonds is 5. The predicted octanol–water partition coefficient (Wildman–Crippen LogP) is 1.86. The summed E-state index contributed by atoms with van der Waals surface area (Å²) in [6.07, 6.45) is 4.43. The number of hydrogen-bond acceptors (Lipinski definition) is 6. The van der Waals surface area contributed by atoms with Crippen LogP contribution in [0.4, 0.5) is 5.13 Å². The summed E-state index contributed by atoms with van der Waals surface area (Å²) >= 11 is 1.76. The molecule has 166 valence electrons. The molecule has 2 saturated heterocycles. The molecule has 8 heteroatoms. The highest BCUT2D eigenvalue weighted by atomic mass is 32.1. The average molecular weight is 434 g/mol. The summed E-state index contributed by atoms with van der Waals surface area (Å²) in [6, 6.07) is 0. The van der Waals surface area contributed by atoms with Crippen LogP contribution in [0.3, 0.4) is 0 Å². The maximum absolute atomic E-state index is 13.1. The maximum atomic E-state index is 13.1. The summed E-state index contributed by atoms with van der Waals surface area (Å²) in [6.45, 7) is 12.3. The third kappa shape index (κ3) is 4.64. The molecule has 0 aromatic carbocycles. The van der Waals surface area contributed by atoms with Crippen molar-refractivity contribution in [1.82, 2.24) is 19.7 Å². The van der Waals surface area contributed by atoms with Crippen molar-refractivity contribution >= 4 is 28.3 Å². The van der Waals surface area contributed by atoms with Crippen molar-refractivity contribution in [3.63, 3.8) is 0 Å². The molecule has 2 fully saturated rings. The maximum Gasteiger partial charge on any atom is 0.226 e. The Labute approximate surface area is 184 Å².